The van der Waals surface area contributed by atoms with Gasteiger partial charge in [-0.25, -0.2) is 0 Å². The Morgan fingerprint density at radius 3 is 2.25 bits per heavy atom. The summed E-state index contributed by atoms with van der Waals surface area (Å²) in [5.74, 6) is -0.245. The Kier molecular flexibility index (Phi) is 3.06. The molecule has 0 aliphatic carbocycles. The van der Waals surface area contributed by atoms with E-state index < -0.39 is 18.3 Å². The number of hydrogen-bond donors (Lipinski definition) is 3. The molecule has 1 rings (SSSR count). The number of ether oxygens (including phenoxy) is 1. The van der Waals surface area contributed by atoms with Crippen molar-refractivity contribution in [2.45, 2.75) is 38.3 Å². The van der Waals surface area contributed by atoms with Crippen LogP contribution in [0.5, 0.6) is 0 Å². The Hall–Kier alpha value is -0.160. The van der Waals surface area contributed by atoms with Gasteiger partial charge in [0.05, 0.1) is 24.9 Å². The van der Waals surface area contributed by atoms with Gasteiger partial charge in [-0.1, -0.05) is 6.92 Å². The van der Waals surface area contributed by atoms with Crippen molar-refractivity contribution in [1.29, 1.82) is 0 Å². The summed E-state index contributed by atoms with van der Waals surface area (Å²) >= 11 is 0. The van der Waals surface area contributed by atoms with E-state index in [4.69, 9.17) is 9.84 Å². The molecule has 3 N–H and O–H groups in total. The average molecular weight is 176 g/mol. The molecule has 2 unspecified atom stereocenters. The molecule has 1 aliphatic heterocycles. The van der Waals surface area contributed by atoms with Crippen LogP contribution in [-0.2, 0) is 4.74 Å². The maximum atomic E-state index is 9.48. The van der Waals surface area contributed by atoms with E-state index in [2.05, 4.69) is 0 Å². The van der Waals surface area contributed by atoms with Gasteiger partial charge in [0.15, 0.2) is 0 Å². The number of aliphatic hydroxyl groups is 3. The summed E-state index contributed by atoms with van der Waals surface area (Å²) in [5, 5.41) is 27.8. The van der Waals surface area contributed by atoms with Crippen LogP contribution in [0.1, 0.15) is 13.8 Å². The fraction of sp³-hybridized carbons (Fsp3) is 1.00. The van der Waals surface area contributed by atoms with Crippen molar-refractivity contribution >= 4 is 0 Å². The maximum absolute atomic E-state index is 9.48. The van der Waals surface area contributed by atoms with E-state index in [0.29, 0.717) is 0 Å². The topological polar surface area (TPSA) is 69.9 Å². The highest BCUT2D eigenvalue weighted by atomic mass is 16.5. The summed E-state index contributed by atoms with van der Waals surface area (Å²) in [5.41, 5.74) is 0. The van der Waals surface area contributed by atoms with Crippen molar-refractivity contribution < 1.29 is 20.1 Å². The zero-order valence-corrected chi connectivity index (χ0v) is 7.34. The predicted molar refractivity (Wildman–Crippen MR) is 42.6 cm³/mol. The monoisotopic (exact) mass is 176 g/mol. The van der Waals surface area contributed by atoms with Crippen molar-refractivity contribution in [3.8, 4) is 0 Å². The van der Waals surface area contributed by atoms with E-state index in [9.17, 15) is 10.2 Å². The second-order valence-corrected chi connectivity index (χ2v) is 3.40. The lowest BCUT2D eigenvalue weighted by molar-refractivity contribution is -0.199. The predicted octanol–water partition coefficient (Wildman–Crippen LogP) is -0.876. The first kappa shape index (κ1) is 9.92. The van der Waals surface area contributed by atoms with Crippen molar-refractivity contribution in [1.82, 2.24) is 0 Å². The minimum Gasteiger partial charge on any atom is -0.394 e. The first-order valence-corrected chi connectivity index (χ1v) is 4.20. The van der Waals surface area contributed by atoms with Crippen LogP contribution in [0.15, 0.2) is 0 Å². The van der Waals surface area contributed by atoms with Gasteiger partial charge < -0.3 is 20.1 Å². The summed E-state index contributed by atoms with van der Waals surface area (Å²) < 4.78 is 5.18. The fourth-order valence-electron chi connectivity index (χ4n) is 1.56. The third-order valence-electron chi connectivity index (χ3n) is 2.51. The molecule has 12 heavy (non-hydrogen) atoms. The summed E-state index contributed by atoms with van der Waals surface area (Å²) in [6.45, 7) is 3.27. The normalized spacial score (nSPS) is 49.2. The Labute approximate surface area is 71.8 Å². The van der Waals surface area contributed by atoms with Crippen LogP contribution in [-0.4, -0.2) is 46.3 Å². The van der Waals surface area contributed by atoms with Gasteiger partial charge in [-0.2, -0.15) is 0 Å². The van der Waals surface area contributed by atoms with Crippen LogP contribution in [0.3, 0.4) is 0 Å². The Bertz CT molecular complexity index is 145. The number of hydrogen-bond acceptors (Lipinski definition) is 4. The molecule has 0 bridgehead atoms. The van der Waals surface area contributed by atoms with E-state index in [0.717, 1.165) is 0 Å². The lowest BCUT2D eigenvalue weighted by Gasteiger charge is -2.39. The van der Waals surface area contributed by atoms with E-state index in [1.54, 1.807) is 13.8 Å². The molecular weight excluding hydrogens is 160 g/mol. The zero-order chi connectivity index (χ0) is 9.30. The first-order valence-electron chi connectivity index (χ1n) is 4.20. The second kappa shape index (κ2) is 3.70. The van der Waals surface area contributed by atoms with Crippen LogP contribution in [0, 0.1) is 5.92 Å². The summed E-state index contributed by atoms with van der Waals surface area (Å²) in [6, 6.07) is 0. The van der Waals surface area contributed by atoms with Crippen molar-refractivity contribution in [3.05, 3.63) is 0 Å². The molecule has 1 saturated heterocycles. The molecule has 4 nitrogen and oxygen atoms in total. The summed E-state index contributed by atoms with van der Waals surface area (Å²) in [7, 11) is 0. The third-order valence-corrected chi connectivity index (χ3v) is 2.51. The van der Waals surface area contributed by atoms with Crippen LogP contribution in [0.4, 0.5) is 0 Å². The Balaban J connectivity index is 2.63. The summed E-state index contributed by atoms with van der Waals surface area (Å²) in [4.78, 5) is 0. The van der Waals surface area contributed by atoms with Crippen molar-refractivity contribution in [2.75, 3.05) is 6.61 Å². The Morgan fingerprint density at radius 1 is 1.17 bits per heavy atom. The van der Waals surface area contributed by atoms with Gasteiger partial charge in [-0.15, -0.1) is 0 Å². The largest absolute Gasteiger partial charge is 0.394 e. The molecule has 0 aromatic carbocycles. The van der Waals surface area contributed by atoms with E-state index >= 15 is 0 Å². The molecule has 72 valence electrons. The SMILES string of the molecule is C[C@@H]1OC(CO)[C@H](O)[C@H](C)C1O. The van der Waals surface area contributed by atoms with Gasteiger partial charge in [0.1, 0.15) is 6.10 Å². The molecule has 0 aromatic heterocycles. The lowest BCUT2D eigenvalue weighted by Crippen LogP contribution is -2.53. The van der Waals surface area contributed by atoms with Gasteiger partial charge in [-0.3, -0.25) is 0 Å². The van der Waals surface area contributed by atoms with Crippen molar-refractivity contribution in [2.24, 2.45) is 5.92 Å². The van der Waals surface area contributed by atoms with Crippen molar-refractivity contribution in [3.63, 3.8) is 0 Å². The Morgan fingerprint density at radius 2 is 1.75 bits per heavy atom. The minimum absolute atomic E-state index is 0.206. The molecule has 5 atom stereocenters. The number of rotatable bonds is 1. The van der Waals surface area contributed by atoms with Gasteiger partial charge in [0.2, 0.25) is 0 Å². The molecule has 0 aromatic rings. The zero-order valence-electron chi connectivity index (χ0n) is 7.34. The van der Waals surface area contributed by atoms with E-state index in [-0.39, 0.29) is 18.6 Å². The average Bonchev–Trinajstić information content (AvgIpc) is 2.08. The molecular formula is C8H16O4. The molecule has 0 saturated carbocycles. The van der Waals surface area contributed by atoms with E-state index in [1.165, 1.54) is 0 Å². The van der Waals surface area contributed by atoms with Gasteiger partial charge >= 0.3 is 0 Å². The molecule has 4 heteroatoms. The molecule has 0 spiro atoms. The first-order chi connectivity index (χ1) is 5.57. The molecule has 0 radical (unpaired) electrons. The van der Waals surface area contributed by atoms with Gasteiger partial charge in [0.25, 0.3) is 0 Å². The highest BCUT2D eigenvalue weighted by Crippen LogP contribution is 2.25. The van der Waals surface area contributed by atoms with Crippen LogP contribution < -0.4 is 0 Å². The third kappa shape index (κ3) is 1.61. The lowest BCUT2D eigenvalue weighted by atomic mass is 9.88. The standard InChI is InChI=1S/C8H16O4/c1-4-7(10)5(2)12-6(3-9)8(4)11/h4-11H,3H2,1-2H3/t4-,5+,6?,7?,8-/m1/s1. The number of aliphatic hydroxyl groups excluding tert-OH is 3. The highest BCUT2D eigenvalue weighted by molar-refractivity contribution is 4.87. The minimum atomic E-state index is -0.777. The smallest absolute Gasteiger partial charge is 0.107 e. The van der Waals surface area contributed by atoms with E-state index in [1.807, 2.05) is 0 Å². The highest BCUT2D eigenvalue weighted by Gasteiger charge is 2.39. The maximum Gasteiger partial charge on any atom is 0.107 e. The van der Waals surface area contributed by atoms with Crippen LogP contribution >= 0.6 is 0 Å². The molecule has 1 heterocycles. The molecule has 0 amide bonds. The summed E-state index contributed by atoms with van der Waals surface area (Å²) in [6.07, 6.45) is -2.30. The fourth-order valence-corrected chi connectivity index (χ4v) is 1.56. The quantitative estimate of drug-likeness (QED) is 0.485. The van der Waals surface area contributed by atoms with Gasteiger partial charge in [0, 0.05) is 5.92 Å². The van der Waals surface area contributed by atoms with Gasteiger partial charge in [-0.05, 0) is 6.92 Å². The van der Waals surface area contributed by atoms with Crippen LogP contribution in [0.2, 0.25) is 0 Å². The molecule has 1 fully saturated rings. The molecule has 1 aliphatic rings. The van der Waals surface area contributed by atoms with Crippen LogP contribution in [0.25, 0.3) is 0 Å². The second-order valence-electron chi connectivity index (χ2n) is 3.40.